The number of H-pyrrole nitrogens is 1. The van der Waals surface area contributed by atoms with E-state index in [2.05, 4.69) is 26.3 Å². The van der Waals surface area contributed by atoms with Gasteiger partial charge in [0.2, 0.25) is 0 Å². The first-order chi connectivity index (χ1) is 17.2. The van der Waals surface area contributed by atoms with E-state index in [0.29, 0.717) is 31.0 Å². The van der Waals surface area contributed by atoms with Gasteiger partial charge >= 0.3 is 0 Å². The van der Waals surface area contributed by atoms with Crippen LogP contribution in [0, 0.1) is 0 Å². The van der Waals surface area contributed by atoms with Crippen LogP contribution in [0.1, 0.15) is 27.6 Å². The number of rotatable bonds is 7. The van der Waals surface area contributed by atoms with Crippen molar-refractivity contribution < 1.29 is 14.3 Å². The second kappa shape index (κ2) is 10.4. The lowest BCUT2D eigenvalue weighted by molar-refractivity contribution is 0.0943. The Hall–Kier alpha value is -4.10. The zero-order chi connectivity index (χ0) is 24.0. The van der Waals surface area contributed by atoms with Gasteiger partial charge in [-0.05, 0) is 18.2 Å². The molecule has 0 fully saturated rings. The summed E-state index contributed by atoms with van der Waals surface area (Å²) in [5.41, 5.74) is 3.51. The maximum Gasteiger partial charge on any atom is 0.252 e. The summed E-state index contributed by atoms with van der Waals surface area (Å²) in [5, 5.41) is 3.08. The van der Waals surface area contributed by atoms with E-state index < -0.39 is 0 Å². The van der Waals surface area contributed by atoms with Gasteiger partial charge < -0.3 is 19.8 Å². The zero-order valence-corrected chi connectivity index (χ0v) is 19.6. The van der Waals surface area contributed by atoms with Crippen molar-refractivity contribution in [2.24, 2.45) is 0 Å². The van der Waals surface area contributed by atoms with Gasteiger partial charge in [0.15, 0.2) is 0 Å². The lowest BCUT2D eigenvalue weighted by Gasteiger charge is -2.25. The molecular formula is C28H28N4O3. The highest BCUT2D eigenvalue weighted by atomic mass is 16.5. The molecule has 1 atom stereocenters. The Kier molecular flexibility index (Phi) is 6.77. The molecule has 4 aromatic rings. The summed E-state index contributed by atoms with van der Waals surface area (Å²) in [5.74, 6) is 2.24. The molecule has 0 radical (unpaired) electrons. The van der Waals surface area contributed by atoms with Crippen molar-refractivity contribution in [3.63, 3.8) is 0 Å². The number of amides is 1. The summed E-state index contributed by atoms with van der Waals surface area (Å²) in [7, 11) is 1.68. The van der Waals surface area contributed by atoms with E-state index in [1.54, 1.807) is 19.5 Å². The fourth-order valence-corrected chi connectivity index (χ4v) is 4.47. The first-order valence-corrected chi connectivity index (χ1v) is 11.7. The van der Waals surface area contributed by atoms with Crippen LogP contribution in [0.15, 0.2) is 85.2 Å². The topological polar surface area (TPSA) is 79.5 Å². The minimum Gasteiger partial charge on any atom is -0.496 e. The smallest absolute Gasteiger partial charge is 0.252 e. The standard InChI is InChI=1S/C28H28N4O3/c1-34-25-13-7-5-11-23(25)26-19-32(18-20-8-2-6-12-24(20)35-26)17-16-31-28(33)22-10-4-3-9-21(22)27-29-14-15-30-27/h2-15,26H,16-19H2,1H3,(H,29,30)(H,31,33)/t26-/m1/s1. The molecule has 1 aromatic heterocycles. The molecule has 3 aromatic carbocycles. The molecule has 0 unspecified atom stereocenters. The highest BCUT2D eigenvalue weighted by Crippen LogP contribution is 2.34. The van der Waals surface area contributed by atoms with Crippen molar-refractivity contribution in [2.75, 3.05) is 26.7 Å². The van der Waals surface area contributed by atoms with Crippen LogP contribution in [-0.2, 0) is 6.54 Å². The van der Waals surface area contributed by atoms with Gasteiger partial charge in [0, 0.05) is 55.3 Å². The van der Waals surface area contributed by atoms with Crippen molar-refractivity contribution in [3.05, 3.63) is 102 Å². The molecule has 0 saturated heterocycles. The lowest BCUT2D eigenvalue weighted by Crippen LogP contribution is -2.36. The summed E-state index contributed by atoms with van der Waals surface area (Å²) in [6, 6.07) is 23.6. The third-order valence-electron chi connectivity index (χ3n) is 6.18. The molecular weight excluding hydrogens is 440 g/mol. The Bertz CT molecular complexity index is 1290. The van der Waals surface area contributed by atoms with Crippen molar-refractivity contribution in [1.82, 2.24) is 20.2 Å². The molecule has 7 nitrogen and oxygen atoms in total. The molecule has 0 aliphatic carbocycles. The number of methoxy groups -OCH3 is 1. The molecule has 5 rings (SSSR count). The molecule has 35 heavy (non-hydrogen) atoms. The maximum absolute atomic E-state index is 13.0. The van der Waals surface area contributed by atoms with Gasteiger partial charge in [0.1, 0.15) is 23.4 Å². The molecule has 0 spiro atoms. The van der Waals surface area contributed by atoms with Gasteiger partial charge in [-0.2, -0.15) is 0 Å². The van der Waals surface area contributed by atoms with Crippen LogP contribution in [0.2, 0.25) is 0 Å². The number of hydrogen-bond acceptors (Lipinski definition) is 5. The first-order valence-electron chi connectivity index (χ1n) is 11.7. The summed E-state index contributed by atoms with van der Waals surface area (Å²) in [6.45, 7) is 2.60. The quantitative estimate of drug-likeness (QED) is 0.419. The van der Waals surface area contributed by atoms with Crippen molar-refractivity contribution >= 4 is 5.91 Å². The number of nitrogens with zero attached hydrogens (tertiary/aromatic N) is 2. The van der Waals surface area contributed by atoms with Crippen molar-refractivity contribution in [1.29, 1.82) is 0 Å². The van der Waals surface area contributed by atoms with E-state index >= 15 is 0 Å². The van der Waals surface area contributed by atoms with E-state index in [1.807, 2.05) is 66.7 Å². The van der Waals surface area contributed by atoms with Crippen LogP contribution < -0.4 is 14.8 Å². The van der Waals surface area contributed by atoms with E-state index in [-0.39, 0.29) is 12.0 Å². The SMILES string of the molecule is COc1ccccc1[C@H]1CN(CCNC(=O)c2ccccc2-c2ncc[nH]2)Cc2ccccc2O1. The molecule has 0 bridgehead atoms. The third kappa shape index (κ3) is 5.05. The van der Waals surface area contributed by atoms with Crippen molar-refractivity contribution in [2.45, 2.75) is 12.6 Å². The number of fused-ring (bicyclic) bond motifs is 1. The summed E-state index contributed by atoms with van der Waals surface area (Å²) in [4.78, 5) is 22.7. The Balaban J connectivity index is 1.31. The zero-order valence-electron chi connectivity index (χ0n) is 19.6. The fourth-order valence-electron chi connectivity index (χ4n) is 4.47. The van der Waals surface area contributed by atoms with E-state index in [0.717, 1.165) is 34.7 Å². The predicted octanol–water partition coefficient (Wildman–Crippen LogP) is 4.45. The molecule has 1 aliphatic heterocycles. The van der Waals surface area contributed by atoms with Gasteiger partial charge in [-0.1, -0.05) is 54.6 Å². The number of imidazole rings is 1. The van der Waals surface area contributed by atoms with Crippen LogP contribution in [-0.4, -0.2) is 47.5 Å². The molecule has 7 heteroatoms. The van der Waals surface area contributed by atoms with Gasteiger partial charge in [-0.25, -0.2) is 4.98 Å². The Morgan fingerprint density at radius 1 is 1.11 bits per heavy atom. The van der Waals surface area contributed by atoms with Gasteiger partial charge in [0.25, 0.3) is 5.91 Å². The minimum atomic E-state index is -0.190. The summed E-state index contributed by atoms with van der Waals surface area (Å²) in [6.07, 6.45) is 3.24. The molecule has 2 heterocycles. The van der Waals surface area contributed by atoms with Crippen LogP contribution in [0.5, 0.6) is 11.5 Å². The molecule has 1 aliphatic rings. The molecule has 178 valence electrons. The third-order valence-corrected chi connectivity index (χ3v) is 6.18. The lowest BCUT2D eigenvalue weighted by atomic mass is 10.1. The fraction of sp³-hybridized carbons (Fsp3) is 0.214. The number of nitrogens with one attached hydrogen (secondary N) is 2. The number of aromatic amines is 1. The maximum atomic E-state index is 13.0. The number of hydrogen-bond donors (Lipinski definition) is 2. The molecule has 0 saturated carbocycles. The number of aromatic nitrogens is 2. The van der Waals surface area contributed by atoms with Crippen LogP contribution in [0.3, 0.4) is 0 Å². The average molecular weight is 469 g/mol. The number of ether oxygens (including phenoxy) is 2. The van der Waals surface area contributed by atoms with E-state index in [1.165, 1.54) is 0 Å². The highest BCUT2D eigenvalue weighted by molar-refractivity contribution is 6.00. The van der Waals surface area contributed by atoms with Crippen molar-refractivity contribution in [3.8, 4) is 22.9 Å². The van der Waals surface area contributed by atoms with Gasteiger partial charge in [0.05, 0.1) is 12.7 Å². The summed E-state index contributed by atoms with van der Waals surface area (Å²) < 4.78 is 12.1. The monoisotopic (exact) mass is 468 g/mol. The highest BCUT2D eigenvalue weighted by Gasteiger charge is 2.26. The van der Waals surface area contributed by atoms with Gasteiger partial charge in [-0.15, -0.1) is 0 Å². The number of benzene rings is 3. The Labute approximate surface area is 204 Å². The average Bonchev–Trinajstić information content (AvgIpc) is 3.37. The van der Waals surface area contributed by atoms with E-state index in [4.69, 9.17) is 9.47 Å². The number of carbonyl (C=O) groups is 1. The summed E-state index contributed by atoms with van der Waals surface area (Å²) >= 11 is 0. The van der Waals surface area contributed by atoms with Crippen LogP contribution >= 0.6 is 0 Å². The molecule has 2 N–H and O–H groups in total. The van der Waals surface area contributed by atoms with E-state index in [9.17, 15) is 4.79 Å². The van der Waals surface area contributed by atoms with Gasteiger partial charge in [-0.3, -0.25) is 9.69 Å². The Morgan fingerprint density at radius 3 is 2.77 bits per heavy atom. The van der Waals surface area contributed by atoms with Crippen LogP contribution in [0.25, 0.3) is 11.4 Å². The molecule has 1 amide bonds. The minimum absolute atomic E-state index is 0.121. The second-order valence-corrected chi connectivity index (χ2v) is 8.43. The second-order valence-electron chi connectivity index (χ2n) is 8.43. The largest absolute Gasteiger partial charge is 0.496 e. The predicted molar refractivity (Wildman–Crippen MR) is 134 cm³/mol. The normalized spacial score (nSPS) is 15.5. The Morgan fingerprint density at radius 2 is 1.91 bits per heavy atom. The number of para-hydroxylation sites is 2. The number of carbonyl (C=O) groups excluding carboxylic acids is 1. The first kappa shape index (κ1) is 22.7. The van der Waals surface area contributed by atoms with Crippen LogP contribution in [0.4, 0.5) is 0 Å².